The molecule has 0 saturated heterocycles. The molecule has 0 aliphatic carbocycles. The summed E-state index contributed by atoms with van der Waals surface area (Å²) in [5.41, 5.74) is 6.68. The van der Waals surface area contributed by atoms with Gasteiger partial charge in [-0.3, -0.25) is 9.36 Å². The third-order valence-corrected chi connectivity index (χ3v) is 3.59. The summed E-state index contributed by atoms with van der Waals surface area (Å²) in [6.07, 6.45) is 1.38. The van der Waals surface area contributed by atoms with E-state index in [0.29, 0.717) is 16.6 Å². The van der Waals surface area contributed by atoms with E-state index in [2.05, 4.69) is 4.98 Å². The number of aromatic nitrogens is 2. The molecule has 0 spiro atoms. The second-order valence-corrected chi connectivity index (χ2v) is 5.06. The van der Waals surface area contributed by atoms with E-state index in [1.54, 1.807) is 24.3 Å². The highest BCUT2D eigenvalue weighted by molar-refractivity contribution is 6.31. The van der Waals surface area contributed by atoms with Gasteiger partial charge in [0.2, 0.25) is 0 Å². The van der Waals surface area contributed by atoms with Crippen LogP contribution in [0.1, 0.15) is 5.56 Å². The highest BCUT2D eigenvalue weighted by Crippen LogP contribution is 2.20. The molecule has 0 radical (unpaired) electrons. The van der Waals surface area contributed by atoms with Crippen LogP contribution in [0, 0.1) is 5.82 Å². The van der Waals surface area contributed by atoms with Crippen molar-refractivity contribution < 1.29 is 4.39 Å². The third kappa shape index (κ3) is 2.48. The lowest BCUT2D eigenvalue weighted by Gasteiger charge is -2.09. The molecule has 0 bridgehead atoms. The van der Waals surface area contributed by atoms with Gasteiger partial charge in [-0.25, -0.2) is 9.37 Å². The number of fused-ring (bicyclic) bond motifs is 1. The summed E-state index contributed by atoms with van der Waals surface area (Å²) < 4.78 is 15.1. The van der Waals surface area contributed by atoms with Crippen molar-refractivity contribution in [2.75, 3.05) is 5.73 Å². The molecule has 106 valence electrons. The quantitative estimate of drug-likeness (QED) is 0.741. The van der Waals surface area contributed by atoms with E-state index < -0.39 is 5.82 Å². The van der Waals surface area contributed by atoms with Crippen LogP contribution in [-0.4, -0.2) is 9.55 Å². The molecule has 3 aromatic rings. The van der Waals surface area contributed by atoms with E-state index in [1.165, 1.54) is 23.0 Å². The van der Waals surface area contributed by atoms with Crippen molar-refractivity contribution in [1.29, 1.82) is 0 Å². The predicted molar refractivity (Wildman–Crippen MR) is 80.9 cm³/mol. The first kappa shape index (κ1) is 13.6. The van der Waals surface area contributed by atoms with Crippen LogP contribution in [0.5, 0.6) is 0 Å². The van der Waals surface area contributed by atoms with E-state index in [-0.39, 0.29) is 22.7 Å². The number of hydrogen-bond acceptors (Lipinski definition) is 3. The molecule has 2 N–H and O–H groups in total. The lowest BCUT2D eigenvalue weighted by molar-refractivity contribution is 0.595. The maximum Gasteiger partial charge on any atom is 0.261 e. The van der Waals surface area contributed by atoms with E-state index >= 15 is 0 Å². The average molecular weight is 304 g/mol. The molecule has 0 fully saturated rings. The lowest BCUT2D eigenvalue weighted by atomic mass is 10.2. The van der Waals surface area contributed by atoms with Crippen LogP contribution in [0.2, 0.25) is 5.02 Å². The maximum atomic E-state index is 13.8. The predicted octanol–water partition coefficient (Wildman–Crippen LogP) is 2.82. The van der Waals surface area contributed by atoms with Gasteiger partial charge >= 0.3 is 0 Å². The summed E-state index contributed by atoms with van der Waals surface area (Å²) in [6.45, 7) is 0.0160. The number of hydrogen-bond donors (Lipinski definition) is 1. The molecule has 0 unspecified atom stereocenters. The molecule has 0 aliphatic heterocycles. The van der Waals surface area contributed by atoms with Crippen molar-refractivity contribution in [3.8, 4) is 0 Å². The Morgan fingerprint density at radius 3 is 2.86 bits per heavy atom. The number of nitrogens with zero attached hydrogens (tertiary/aromatic N) is 2. The first-order valence-electron chi connectivity index (χ1n) is 6.24. The van der Waals surface area contributed by atoms with Crippen molar-refractivity contribution in [3.05, 3.63) is 69.5 Å². The molecule has 2 aromatic carbocycles. The Morgan fingerprint density at radius 2 is 2.10 bits per heavy atom. The van der Waals surface area contributed by atoms with Crippen LogP contribution in [0.15, 0.2) is 47.5 Å². The number of nitrogen functional groups attached to an aromatic ring is 1. The molecule has 0 amide bonds. The van der Waals surface area contributed by atoms with Crippen LogP contribution in [-0.2, 0) is 6.54 Å². The van der Waals surface area contributed by atoms with Gasteiger partial charge in [-0.2, -0.15) is 0 Å². The minimum absolute atomic E-state index is 0.0160. The van der Waals surface area contributed by atoms with Gasteiger partial charge < -0.3 is 5.73 Å². The maximum absolute atomic E-state index is 13.8. The summed E-state index contributed by atoms with van der Waals surface area (Å²) >= 11 is 5.98. The van der Waals surface area contributed by atoms with E-state index in [4.69, 9.17) is 17.3 Å². The first-order chi connectivity index (χ1) is 10.1. The third-order valence-electron chi connectivity index (χ3n) is 3.24. The second-order valence-electron chi connectivity index (χ2n) is 4.65. The van der Waals surface area contributed by atoms with Gasteiger partial charge in [0.1, 0.15) is 5.82 Å². The Balaban J connectivity index is 2.14. The molecular formula is C15H11ClFN3O. The minimum Gasteiger partial charge on any atom is -0.399 e. The van der Waals surface area contributed by atoms with Crippen LogP contribution in [0.3, 0.4) is 0 Å². The zero-order valence-corrected chi connectivity index (χ0v) is 11.6. The fourth-order valence-corrected chi connectivity index (χ4v) is 2.37. The molecule has 6 heteroatoms. The normalized spacial score (nSPS) is 11.0. The molecule has 21 heavy (non-hydrogen) atoms. The van der Waals surface area contributed by atoms with Gasteiger partial charge in [-0.15, -0.1) is 0 Å². The van der Waals surface area contributed by atoms with Gasteiger partial charge in [-0.1, -0.05) is 17.7 Å². The van der Waals surface area contributed by atoms with Crippen molar-refractivity contribution in [2.24, 2.45) is 0 Å². The van der Waals surface area contributed by atoms with Gasteiger partial charge in [0.05, 0.1) is 23.8 Å². The minimum atomic E-state index is -0.456. The fourth-order valence-electron chi connectivity index (χ4n) is 2.14. The number of anilines is 1. The van der Waals surface area contributed by atoms with Crippen molar-refractivity contribution in [1.82, 2.24) is 9.55 Å². The smallest absolute Gasteiger partial charge is 0.261 e. The number of benzene rings is 2. The Kier molecular flexibility index (Phi) is 3.35. The summed E-state index contributed by atoms with van der Waals surface area (Å²) in [5, 5.41) is 0.666. The summed E-state index contributed by atoms with van der Waals surface area (Å²) in [5.74, 6) is -0.456. The Labute approximate surface area is 124 Å². The molecule has 0 saturated carbocycles. The van der Waals surface area contributed by atoms with E-state index in [9.17, 15) is 9.18 Å². The van der Waals surface area contributed by atoms with E-state index in [1.807, 2.05) is 0 Å². The van der Waals surface area contributed by atoms with Crippen molar-refractivity contribution >= 4 is 28.2 Å². The molecule has 1 heterocycles. The number of halogens is 2. The fraction of sp³-hybridized carbons (Fsp3) is 0.0667. The Hall–Kier alpha value is -2.40. The van der Waals surface area contributed by atoms with Crippen molar-refractivity contribution in [2.45, 2.75) is 6.54 Å². The molecule has 0 atom stereocenters. The summed E-state index contributed by atoms with van der Waals surface area (Å²) in [7, 11) is 0. The Morgan fingerprint density at radius 1 is 1.29 bits per heavy atom. The van der Waals surface area contributed by atoms with Gasteiger partial charge in [0, 0.05) is 16.3 Å². The summed E-state index contributed by atoms with van der Waals surface area (Å²) in [4.78, 5) is 16.6. The van der Waals surface area contributed by atoms with Crippen LogP contribution in [0.25, 0.3) is 10.9 Å². The first-order valence-corrected chi connectivity index (χ1v) is 6.61. The van der Waals surface area contributed by atoms with Crippen LogP contribution < -0.4 is 11.3 Å². The number of rotatable bonds is 2. The zero-order valence-electron chi connectivity index (χ0n) is 10.9. The van der Waals surface area contributed by atoms with Gasteiger partial charge in [-0.05, 0) is 30.3 Å². The highest BCUT2D eigenvalue weighted by atomic mass is 35.5. The SMILES string of the molecule is Nc1ccc2ncn(Cc3c(F)cccc3Cl)c(=O)c2c1. The van der Waals surface area contributed by atoms with E-state index in [0.717, 1.165) is 0 Å². The molecule has 0 aliphatic rings. The topological polar surface area (TPSA) is 60.9 Å². The zero-order chi connectivity index (χ0) is 15.0. The van der Waals surface area contributed by atoms with Crippen LogP contribution >= 0.6 is 11.6 Å². The number of nitrogens with two attached hydrogens (primary N) is 1. The average Bonchev–Trinajstić information content (AvgIpc) is 2.46. The monoisotopic (exact) mass is 303 g/mol. The molecular weight excluding hydrogens is 293 g/mol. The van der Waals surface area contributed by atoms with Gasteiger partial charge in [0.15, 0.2) is 0 Å². The molecule has 3 rings (SSSR count). The highest BCUT2D eigenvalue weighted by Gasteiger charge is 2.10. The van der Waals surface area contributed by atoms with Crippen LogP contribution in [0.4, 0.5) is 10.1 Å². The van der Waals surface area contributed by atoms with Gasteiger partial charge in [0.25, 0.3) is 5.56 Å². The molecule has 1 aromatic heterocycles. The summed E-state index contributed by atoms with van der Waals surface area (Å²) in [6, 6.07) is 9.31. The van der Waals surface area contributed by atoms with Crippen molar-refractivity contribution in [3.63, 3.8) is 0 Å². The second kappa shape index (κ2) is 5.18. The molecule has 4 nitrogen and oxygen atoms in total. The lowest BCUT2D eigenvalue weighted by Crippen LogP contribution is -2.22. The Bertz CT molecular complexity index is 871. The largest absolute Gasteiger partial charge is 0.399 e. The standard InChI is InChI=1S/C15H11ClFN3O/c16-12-2-1-3-13(17)11(12)7-20-8-19-14-5-4-9(18)6-10(14)15(20)21/h1-6,8H,7,18H2.